The standard InChI is InChI=1S/C13H13NO3S/c1-8(14-16-2)11-6-9-4-5-10(18-3)7-12(9)17-13(11)15/h4-7H,1-3H3/b14-8+. The molecule has 0 aliphatic heterocycles. The summed E-state index contributed by atoms with van der Waals surface area (Å²) >= 11 is 1.60. The number of benzene rings is 1. The van der Waals surface area contributed by atoms with Crippen molar-refractivity contribution >= 4 is 28.4 Å². The van der Waals surface area contributed by atoms with Crippen molar-refractivity contribution in [2.24, 2.45) is 5.16 Å². The highest BCUT2D eigenvalue weighted by atomic mass is 32.2. The van der Waals surface area contributed by atoms with Gasteiger partial charge in [0.15, 0.2) is 0 Å². The lowest BCUT2D eigenvalue weighted by atomic mass is 10.1. The van der Waals surface area contributed by atoms with E-state index in [0.717, 1.165) is 10.3 Å². The zero-order valence-electron chi connectivity index (χ0n) is 10.4. The fourth-order valence-corrected chi connectivity index (χ4v) is 2.09. The van der Waals surface area contributed by atoms with Crippen molar-refractivity contribution in [1.82, 2.24) is 0 Å². The van der Waals surface area contributed by atoms with Crippen LogP contribution >= 0.6 is 11.8 Å². The lowest BCUT2D eigenvalue weighted by Crippen LogP contribution is -2.12. The second kappa shape index (κ2) is 5.27. The van der Waals surface area contributed by atoms with Gasteiger partial charge in [0.25, 0.3) is 0 Å². The molecule has 0 bridgehead atoms. The Morgan fingerprint density at radius 1 is 1.39 bits per heavy atom. The lowest BCUT2D eigenvalue weighted by Gasteiger charge is -2.02. The fourth-order valence-electron chi connectivity index (χ4n) is 1.66. The largest absolute Gasteiger partial charge is 0.422 e. The summed E-state index contributed by atoms with van der Waals surface area (Å²) in [5.74, 6) is 0. The SMILES string of the molecule is CO/N=C(\C)c1cc2ccc(SC)cc2oc1=O. The molecule has 0 saturated carbocycles. The van der Waals surface area contributed by atoms with Crippen LogP contribution in [0, 0.1) is 0 Å². The van der Waals surface area contributed by atoms with E-state index in [-0.39, 0.29) is 0 Å². The van der Waals surface area contributed by atoms with E-state index in [0.29, 0.717) is 16.9 Å². The first kappa shape index (κ1) is 12.7. The smallest absolute Gasteiger partial charge is 0.345 e. The molecule has 1 heterocycles. The predicted octanol–water partition coefficient (Wildman–Crippen LogP) is 2.89. The molecule has 18 heavy (non-hydrogen) atoms. The summed E-state index contributed by atoms with van der Waals surface area (Å²) in [6, 6.07) is 7.53. The molecular formula is C13H13NO3S. The van der Waals surface area contributed by atoms with Gasteiger partial charge in [0.05, 0.1) is 11.3 Å². The molecule has 0 amide bonds. The minimum absolute atomic E-state index is 0.404. The maximum Gasteiger partial charge on any atom is 0.345 e. The van der Waals surface area contributed by atoms with Gasteiger partial charge in [0.2, 0.25) is 0 Å². The molecule has 0 atom stereocenters. The van der Waals surface area contributed by atoms with Crippen molar-refractivity contribution in [2.45, 2.75) is 11.8 Å². The van der Waals surface area contributed by atoms with Crippen LogP contribution in [0.2, 0.25) is 0 Å². The molecule has 0 fully saturated rings. The Morgan fingerprint density at radius 2 is 2.17 bits per heavy atom. The van der Waals surface area contributed by atoms with E-state index in [2.05, 4.69) is 9.99 Å². The van der Waals surface area contributed by atoms with Gasteiger partial charge >= 0.3 is 5.63 Å². The van der Waals surface area contributed by atoms with E-state index in [9.17, 15) is 4.79 Å². The Morgan fingerprint density at radius 3 is 2.83 bits per heavy atom. The molecule has 4 nitrogen and oxygen atoms in total. The molecule has 0 saturated heterocycles. The number of rotatable bonds is 3. The quantitative estimate of drug-likeness (QED) is 0.370. The molecule has 5 heteroatoms. The Balaban J connectivity index is 2.63. The Labute approximate surface area is 109 Å². The highest BCUT2D eigenvalue weighted by Crippen LogP contribution is 2.21. The van der Waals surface area contributed by atoms with Gasteiger partial charge in [-0.15, -0.1) is 11.8 Å². The lowest BCUT2D eigenvalue weighted by molar-refractivity contribution is 0.213. The average Bonchev–Trinajstić information content (AvgIpc) is 2.37. The number of oxime groups is 1. The molecule has 0 aliphatic rings. The number of thioether (sulfide) groups is 1. The van der Waals surface area contributed by atoms with E-state index < -0.39 is 5.63 Å². The summed E-state index contributed by atoms with van der Waals surface area (Å²) in [5.41, 5.74) is 1.10. The Kier molecular flexibility index (Phi) is 3.72. The number of hydrogen-bond donors (Lipinski definition) is 0. The second-order valence-corrected chi connectivity index (χ2v) is 4.59. The first-order chi connectivity index (χ1) is 8.65. The maximum atomic E-state index is 11.8. The molecule has 2 aromatic rings. The second-order valence-electron chi connectivity index (χ2n) is 3.71. The highest BCUT2D eigenvalue weighted by Gasteiger charge is 2.09. The topological polar surface area (TPSA) is 51.8 Å². The third-order valence-corrected chi connectivity index (χ3v) is 3.29. The number of hydrogen-bond acceptors (Lipinski definition) is 5. The van der Waals surface area contributed by atoms with Crippen molar-refractivity contribution in [3.05, 3.63) is 40.2 Å². The van der Waals surface area contributed by atoms with Crippen LogP contribution in [0.4, 0.5) is 0 Å². The van der Waals surface area contributed by atoms with Crippen LogP contribution < -0.4 is 5.63 Å². The number of fused-ring (bicyclic) bond motifs is 1. The molecule has 0 spiro atoms. The maximum absolute atomic E-state index is 11.8. The van der Waals surface area contributed by atoms with Crippen LogP contribution in [0.3, 0.4) is 0 Å². The minimum atomic E-state index is -0.404. The van der Waals surface area contributed by atoms with Crippen LogP contribution in [0.25, 0.3) is 11.0 Å². The van der Waals surface area contributed by atoms with Crippen molar-refractivity contribution in [3.63, 3.8) is 0 Å². The van der Waals surface area contributed by atoms with Gasteiger partial charge in [-0.05, 0) is 31.4 Å². The van der Waals surface area contributed by atoms with E-state index in [4.69, 9.17) is 4.42 Å². The number of nitrogens with zero attached hydrogens (tertiary/aromatic N) is 1. The van der Waals surface area contributed by atoms with Gasteiger partial charge in [-0.2, -0.15) is 0 Å². The Hall–Kier alpha value is -1.75. The summed E-state index contributed by atoms with van der Waals surface area (Å²) in [6.45, 7) is 1.71. The highest BCUT2D eigenvalue weighted by molar-refractivity contribution is 7.98. The van der Waals surface area contributed by atoms with Gasteiger partial charge in [-0.25, -0.2) is 4.79 Å². The Bertz CT molecular complexity index is 661. The summed E-state index contributed by atoms with van der Waals surface area (Å²) in [6.07, 6.45) is 1.98. The van der Waals surface area contributed by atoms with Crippen LogP contribution in [0.15, 0.2) is 43.5 Å². The average molecular weight is 263 g/mol. The third kappa shape index (κ3) is 2.41. The van der Waals surface area contributed by atoms with Gasteiger partial charge in [0, 0.05) is 10.3 Å². The first-order valence-electron chi connectivity index (χ1n) is 5.35. The van der Waals surface area contributed by atoms with Crippen LogP contribution in [-0.2, 0) is 4.84 Å². The van der Waals surface area contributed by atoms with Crippen molar-refractivity contribution < 1.29 is 9.25 Å². The summed E-state index contributed by atoms with van der Waals surface area (Å²) in [5, 5.41) is 4.62. The van der Waals surface area contributed by atoms with E-state index in [1.54, 1.807) is 24.8 Å². The molecular weight excluding hydrogens is 250 g/mol. The first-order valence-corrected chi connectivity index (χ1v) is 6.58. The van der Waals surface area contributed by atoms with Crippen LogP contribution in [-0.4, -0.2) is 19.1 Å². The van der Waals surface area contributed by atoms with Crippen LogP contribution in [0.1, 0.15) is 12.5 Å². The van der Waals surface area contributed by atoms with Crippen molar-refractivity contribution in [1.29, 1.82) is 0 Å². The van der Waals surface area contributed by atoms with Gasteiger partial charge < -0.3 is 9.25 Å². The molecule has 0 aliphatic carbocycles. The summed E-state index contributed by atoms with van der Waals surface area (Å²) in [7, 11) is 1.44. The zero-order chi connectivity index (χ0) is 13.1. The molecule has 94 valence electrons. The molecule has 0 radical (unpaired) electrons. The summed E-state index contributed by atoms with van der Waals surface area (Å²) in [4.78, 5) is 17.6. The van der Waals surface area contributed by atoms with E-state index >= 15 is 0 Å². The predicted molar refractivity (Wildman–Crippen MR) is 73.5 cm³/mol. The van der Waals surface area contributed by atoms with E-state index in [1.807, 2.05) is 24.5 Å². The van der Waals surface area contributed by atoms with Gasteiger partial charge in [-0.1, -0.05) is 11.2 Å². The fraction of sp³-hybridized carbons (Fsp3) is 0.231. The normalized spacial score (nSPS) is 11.8. The van der Waals surface area contributed by atoms with Gasteiger partial charge in [-0.3, -0.25) is 0 Å². The molecule has 0 N–H and O–H groups in total. The third-order valence-electron chi connectivity index (χ3n) is 2.56. The molecule has 1 aromatic carbocycles. The monoisotopic (exact) mass is 263 g/mol. The minimum Gasteiger partial charge on any atom is -0.422 e. The van der Waals surface area contributed by atoms with Crippen molar-refractivity contribution in [3.8, 4) is 0 Å². The molecule has 2 rings (SSSR count). The van der Waals surface area contributed by atoms with Crippen molar-refractivity contribution in [2.75, 3.05) is 13.4 Å². The zero-order valence-corrected chi connectivity index (χ0v) is 11.2. The van der Waals surface area contributed by atoms with Gasteiger partial charge in [0.1, 0.15) is 12.7 Å². The molecule has 1 aromatic heterocycles. The van der Waals surface area contributed by atoms with Crippen LogP contribution in [0.5, 0.6) is 0 Å². The molecule has 0 unspecified atom stereocenters. The van der Waals surface area contributed by atoms with E-state index in [1.165, 1.54) is 7.11 Å². The summed E-state index contributed by atoms with van der Waals surface area (Å²) < 4.78 is 5.30.